The third-order valence-electron chi connectivity index (χ3n) is 3.51. The summed E-state index contributed by atoms with van der Waals surface area (Å²) < 4.78 is 4.83. The maximum absolute atomic E-state index is 11.6. The van der Waals surface area contributed by atoms with Crippen molar-refractivity contribution in [3.63, 3.8) is 0 Å². The summed E-state index contributed by atoms with van der Waals surface area (Å²) in [6.07, 6.45) is 2.74. The quantitative estimate of drug-likeness (QED) is 0.259. The van der Waals surface area contributed by atoms with Gasteiger partial charge in [-0.05, 0) is 13.0 Å². The number of nitriles is 1. The summed E-state index contributed by atoms with van der Waals surface area (Å²) in [6, 6.07) is 4.88. The molecule has 1 aliphatic heterocycles. The summed E-state index contributed by atoms with van der Waals surface area (Å²) in [4.78, 5) is 29.7. The van der Waals surface area contributed by atoms with E-state index in [2.05, 4.69) is 4.98 Å². The maximum Gasteiger partial charge on any atom is 0.350 e. The Morgan fingerprint density at radius 2 is 2.17 bits per heavy atom. The van der Waals surface area contributed by atoms with Crippen molar-refractivity contribution in [2.45, 2.75) is 6.92 Å². The number of nitro groups is 1. The van der Waals surface area contributed by atoms with E-state index in [4.69, 9.17) is 10.00 Å². The van der Waals surface area contributed by atoms with Crippen LogP contribution >= 0.6 is 0 Å². The fourth-order valence-electron chi connectivity index (χ4n) is 2.27. The molecule has 126 valence electrons. The van der Waals surface area contributed by atoms with Gasteiger partial charge in [0, 0.05) is 38.4 Å². The average Bonchev–Trinajstić information content (AvgIpc) is 2.60. The van der Waals surface area contributed by atoms with Gasteiger partial charge in [0.1, 0.15) is 18.1 Å². The molecule has 0 bridgehead atoms. The average molecular weight is 331 g/mol. The molecule has 1 aliphatic rings. The van der Waals surface area contributed by atoms with Crippen molar-refractivity contribution in [3.8, 4) is 6.07 Å². The molecule has 9 heteroatoms. The highest BCUT2D eigenvalue weighted by Gasteiger charge is 2.19. The van der Waals surface area contributed by atoms with Crippen LogP contribution in [0, 0.1) is 21.4 Å². The Balaban J connectivity index is 1.96. The van der Waals surface area contributed by atoms with Gasteiger partial charge in [-0.2, -0.15) is 5.26 Å². The van der Waals surface area contributed by atoms with Crippen LogP contribution in [0.15, 0.2) is 30.1 Å². The summed E-state index contributed by atoms with van der Waals surface area (Å²) in [7, 11) is 0. The molecular weight excluding hydrogens is 314 g/mol. The van der Waals surface area contributed by atoms with Gasteiger partial charge in [-0.1, -0.05) is 0 Å². The van der Waals surface area contributed by atoms with Gasteiger partial charge in [-0.15, -0.1) is 0 Å². The van der Waals surface area contributed by atoms with Crippen LogP contribution in [-0.2, 0) is 9.53 Å². The Hall–Kier alpha value is -3.15. The van der Waals surface area contributed by atoms with Crippen molar-refractivity contribution in [2.24, 2.45) is 0 Å². The predicted molar refractivity (Wildman–Crippen MR) is 85.0 cm³/mol. The minimum atomic E-state index is -0.625. The number of carbonyl (C=O) groups excluding carboxylic acids is 1. The third-order valence-corrected chi connectivity index (χ3v) is 3.51. The van der Waals surface area contributed by atoms with Gasteiger partial charge in [0.2, 0.25) is 0 Å². The lowest BCUT2D eigenvalue weighted by atomic mass is 10.2. The molecule has 0 atom stereocenters. The van der Waals surface area contributed by atoms with E-state index < -0.39 is 10.9 Å². The van der Waals surface area contributed by atoms with E-state index in [9.17, 15) is 14.9 Å². The molecule has 1 aromatic heterocycles. The monoisotopic (exact) mass is 331 g/mol. The van der Waals surface area contributed by atoms with Crippen molar-refractivity contribution >= 4 is 17.5 Å². The lowest BCUT2D eigenvalue weighted by Crippen LogP contribution is -2.44. The second-order valence-corrected chi connectivity index (χ2v) is 5.03. The molecule has 0 aromatic carbocycles. The fourth-order valence-corrected chi connectivity index (χ4v) is 2.27. The lowest BCUT2D eigenvalue weighted by Gasteiger charge is -2.34. The van der Waals surface area contributed by atoms with E-state index in [0.717, 1.165) is 0 Å². The van der Waals surface area contributed by atoms with Gasteiger partial charge >= 0.3 is 5.97 Å². The molecule has 1 fully saturated rings. The molecule has 0 N–H and O–H groups in total. The Kier molecular flexibility index (Phi) is 5.68. The third kappa shape index (κ3) is 4.19. The first kappa shape index (κ1) is 17.2. The normalized spacial score (nSPS) is 14.9. The Morgan fingerprint density at radius 1 is 1.46 bits per heavy atom. The molecule has 1 aromatic rings. The number of esters is 1. The number of pyridine rings is 1. The fraction of sp³-hybridized carbons (Fsp3) is 0.400. The van der Waals surface area contributed by atoms with E-state index >= 15 is 0 Å². The van der Waals surface area contributed by atoms with Crippen LogP contribution in [0.2, 0.25) is 0 Å². The Morgan fingerprint density at radius 3 is 2.67 bits per heavy atom. The molecule has 0 unspecified atom stereocenters. The topological polar surface area (TPSA) is 113 Å². The standard InChI is InChI=1S/C15H17N5O4/c1-2-24-15(21)12(9-16)11-18-5-7-19(8-6-18)14-4-3-13(10-17-14)20(22)23/h3-4,10-11H,2,5-8H2,1H3/b12-11-. The van der Waals surface area contributed by atoms with Crippen molar-refractivity contribution in [2.75, 3.05) is 37.7 Å². The zero-order valence-electron chi connectivity index (χ0n) is 13.2. The van der Waals surface area contributed by atoms with Gasteiger partial charge in [0.05, 0.1) is 11.5 Å². The zero-order chi connectivity index (χ0) is 17.5. The highest BCUT2D eigenvalue weighted by atomic mass is 16.6. The minimum absolute atomic E-state index is 0.0289. The van der Waals surface area contributed by atoms with E-state index in [1.807, 2.05) is 15.9 Å². The van der Waals surface area contributed by atoms with Gasteiger partial charge in [-0.3, -0.25) is 10.1 Å². The van der Waals surface area contributed by atoms with Crippen LogP contribution in [0.5, 0.6) is 0 Å². The van der Waals surface area contributed by atoms with Crippen molar-refractivity contribution in [1.82, 2.24) is 9.88 Å². The Labute approximate surface area is 138 Å². The largest absolute Gasteiger partial charge is 0.462 e. The van der Waals surface area contributed by atoms with Crippen LogP contribution in [0.1, 0.15) is 6.92 Å². The van der Waals surface area contributed by atoms with E-state index in [1.54, 1.807) is 13.0 Å². The number of piperazine rings is 1. The first-order chi connectivity index (χ1) is 11.5. The molecule has 2 rings (SSSR count). The smallest absolute Gasteiger partial charge is 0.350 e. The van der Waals surface area contributed by atoms with Crippen molar-refractivity contribution < 1.29 is 14.5 Å². The first-order valence-corrected chi connectivity index (χ1v) is 7.43. The van der Waals surface area contributed by atoms with E-state index in [-0.39, 0.29) is 17.9 Å². The molecule has 0 amide bonds. The first-order valence-electron chi connectivity index (χ1n) is 7.43. The number of anilines is 1. The van der Waals surface area contributed by atoms with Gasteiger partial charge in [0.25, 0.3) is 5.69 Å². The van der Waals surface area contributed by atoms with Gasteiger partial charge in [0.15, 0.2) is 5.57 Å². The highest BCUT2D eigenvalue weighted by molar-refractivity contribution is 5.92. The number of hydrogen-bond donors (Lipinski definition) is 0. The molecule has 0 radical (unpaired) electrons. The number of carbonyl (C=O) groups is 1. The minimum Gasteiger partial charge on any atom is -0.462 e. The van der Waals surface area contributed by atoms with E-state index in [0.29, 0.717) is 32.0 Å². The molecule has 9 nitrogen and oxygen atoms in total. The summed E-state index contributed by atoms with van der Waals surface area (Å²) in [5, 5.41) is 19.7. The molecule has 0 spiro atoms. The lowest BCUT2D eigenvalue weighted by molar-refractivity contribution is -0.385. The van der Waals surface area contributed by atoms with Crippen molar-refractivity contribution in [1.29, 1.82) is 5.26 Å². The number of hydrogen-bond acceptors (Lipinski definition) is 8. The van der Waals surface area contributed by atoms with Crippen LogP contribution in [0.3, 0.4) is 0 Å². The van der Waals surface area contributed by atoms with Crippen LogP contribution < -0.4 is 4.90 Å². The second kappa shape index (κ2) is 7.92. The molecule has 2 heterocycles. The summed E-state index contributed by atoms with van der Waals surface area (Å²) in [5.74, 6) is 0.0367. The number of ether oxygens (including phenoxy) is 1. The maximum atomic E-state index is 11.6. The number of rotatable bonds is 5. The highest BCUT2D eigenvalue weighted by Crippen LogP contribution is 2.17. The van der Waals surface area contributed by atoms with Gasteiger partial charge < -0.3 is 14.5 Å². The second-order valence-electron chi connectivity index (χ2n) is 5.03. The summed E-state index contributed by atoms with van der Waals surface area (Å²) >= 11 is 0. The van der Waals surface area contributed by atoms with Crippen molar-refractivity contribution in [3.05, 3.63) is 40.2 Å². The molecule has 24 heavy (non-hydrogen) atoms. The molecule has 0 saturated carbocycles. The summed E-state index contributed by atoms with van der Waals surface area (Å²) in [5.41, 5.74) is -0.0767. The summed E-state index contributed by atoms with van der Waals surface area (Å²) in [6.45, 7) is 4.36. The molecular formula is C15H17N5O4. The van der Waals surface area contributed by atoms with Crippen LogP contribution in [-0.4, -0.2) is 53.6 Å². The van der Waals surface area contributed by atoms with E-state index in [1.165, 1.54) is 18.5 Å². The SMILES string of the molecule is CCOC(=O)/C(C#N)=C\N1CCN(c2ccc([N+](=O)[O-])cn2)CC1. The number of aromatic nitrogens is 1. The predicted octanol–water partition coefficient (Wildman–Crippen LogP) is 1.08. The van der Waals surface area contributed by atoms with Crippen LogP contribution in [0.4, 0.5) is 11.5 Å². The number of nitrogens with zero attached hydrogens (tertiary/aromatic N) is 5. The molecule has 1 saturated heterocycles. The van der Waals surface area contributed by atoms with Gasteiger partial charge in [-0.25, -0.2) is 9.78 Å². The molecule has 0 aliphatic carbocycles. The van der Waals surface area contributed by atoms with Crippen LogP contribution in [0.25, 0.3) is 0 Å². The Bertz CT molecular complexity index is 672. The zero-order valence-corrected chi connectivity index (χ0v) is 13.2.